The number of aromatic nitrogens is 2. The predicted octanol–water partition coefficient (Wildman–Crippen LogP) is 0.530. The molecule has 72 valence electrons. The maximum absolute atomic E-state index is 11.3. The number of rotatable bonds is 3. The van der Waals surface area contributed by atoms with Crippen molar-refractivity contribution >= 4 is 11.8 Å². The first-order chi connectivity index (χ1) is 6.15. The number of hydrogen-bond donors (Lipinski definition) is 2. The van der Waals surface area contributed by atoms with Crippen LogP contribution in [0.2, 0.25) is 0 Å². The van der Waals surface area contributed by atoms with Gasteiger partial charge < -0.3 is 4.98 Å². The fourth-order valence-electron chi connectivity index (χ4n) is 1.13. The molecule has 0 amide bonds. The summed E-state index contributed by atoms with van der Waals surface area (Å²) in [5.41, 5.74) is -0.107. The molecule has 1 aromatic heterocycles. The highest BCUT2D eigenvalue weighted by molar-refractivity contribution is 7.98. The minimum atomic E-state index is -0.454. The lowest BCUT2D eigenvalue weighted by molar-refractivity contribution is 0.831. The maximum atomic E-state index is 11.3. The van der Waals surface area contributed by atoms with Crippen LogP contribution in [0.15, 0.2) is 15.8 Å². The Morgan fingerprint density at radius 2 is 2.23 bits per heavy atom. The van der Waals surface area contributed by atoms with Crippen molar-refractivity contribution in [3.05, 3.63) is 32.6 Å². The summed E-state index contributed by atoms with van der Waals surface area (Å²) in [6.07, 6.45) is 3.47. The molecule has 0 fully saturated rings. The standard InChI is InChI=1S/C8H12N2O2S/c1-5(4-13-2)6-3-9-8(12)10-7(6)11/h3,5H,4H2,1-2H3,(H2,9,10,11,12). The van der Waals surface area contributed by atoms with Gasteiger partial charge in [-0.1, -0.05) is 6.92 Å². The Bertz CT molecular complexity index is 382. The van der Waals surface area contributed by atoms with E-state index in [4.69, 9.17) is 0 Å². The van der Waals surface area contributed by atoms with Crippen LogP contribution in [0.25, 0.3) is 0 Å². The molecule has 0 bridgehead atoms. The second-order valence-electron chi connectivity index (χ2n) is 2.88. The molecule has 0 spiro atoms. The summed E-state index contributed by atoms with van der Waals surface area (Å²) in [6.45, 7) is 1.96. The number of aromatic amines is 2. The SMILES string of the molecule is CSCC(C)c1c[nH]c(=O)[nH]c1=O. The van der Waals surface area contributed by atoms with Crippen LogP contribution in [0.1, 0.15) is 18.4 Å². The van der Waals surface area contributed by atoms with Gasteiger partial charge in [-0.15, -0.1) is 0 Å². The molecule has 1 rings (SSSR count). The normalized spacial score (nSPS) is 12.8. The number of H-pyrrole nitrogens is 2. The van der Waals surface area contributed by atoms with Crippen LogP contribution in [-0.2, 0) is 0 Å². The molecular formula is C8H12N2O2S. The van der Waals surface area contributed by atoms with Gasteiger partial charge in [-0.25, -0.2) is 4.79 Å². The van der Waals surface area contributed by atoms with E-state index in [1.54, 1.807) is 11.8 Å². The molecule has 0 saturated carbocycles. The monoisotopic (exact) mass is 200 g/mol. The van der Waals surface area contributed by atoms with Crippen LogP contribution < -0.4 is 11.2 Å². The molecule has 4 nitrogen and oxygen atoms in total. The third-order valence-electron chi connectivity index (χ3n) is 1.80. The largest absolute Gasteiger partial charge is 0.325 e. The number of nitrogens with one attached hydrogen (secondary N) is 2. The molecule has 1 unspecified atom stereocenters. The minimum Gasteiger partial charge on any atom is -0.314 e. The van der Waals surface area contributed by atoms with Gasteiger partial charge in [-0.3, -0.25) is 9.78 Å². The van der Waals surface area contributed by atoms with E-state index >= 15 is 0 Å². The van der Waals surface area contributed by atoms with Gasteiger partial charge in [0.15, 0.2) is 0 Å². The van der Waals surface area contributed by atoms with E-state index in [-0.39, 0.29) is 11.5 Å². The smallest absolute Gasteiger partial charge is 0.314 e. The summed E-state index contributed by atoms with van der Waals surface area (Å²) in [6, 6.07) is 0. The lowest BCUT2D eigenvalue weighted by Crippen LogP contribution is -2.26. The summed E-state index contributed by atoms with van der Waals surface area (Å²) in [5.74, 6) is 1.03. The molecule has 0 aliphatic rings. The molecule has 1 heterocycles. The van der Waals surface area contributed by atoms with Crippen molar-refractivity contribution in [3.63, 3.8) is 0 Å². The molecule has 5 heteroatoms. The Morgan fingerprint density at radius 3 is 2.77 bits per heavy atom. The summed E-state index contributed by atoms with van der Waals surface area (Å²) < 4.78 is 0. The maximum Gasteiger partial charge on any atom is 0.325 e. The van der Waals surface area contributed by atoms with Crippen LogP contribution in [0.4, 0.5) is 0 Å². The van der Waals surface area contributed by atoms with Crippen molar-refractivity contribution in [2.24, 2.45) is 0 Å². The van der Waals surface area contributed by atoms with E-state index in [1.165, 1.54) is 6.20 Å². The first-order valence-electron chi connectivity index (χ1n) is 3.96. The van der Waals surface area contributed by atoms with Gasteiger partial charge >= 0.3 is 5.69 Å². The van der Waals surface area contributed by atoms with Gasteiger partial charge in [0.25, 0.3) is 5.56 Å². The molecule has 0 saturated heterocycles. The second-order valence-corrected chi connectivity index (χ2v) is 3.79. The van der Waals surface area contributed by atoms with Gasteiger partial charge in [0.2, 0.25) is 0 Å². The van der Waals surface area contributed by atoms with Crippen molar-refractivity contribution in [2.75, 3.05) is 12.0 Å². The predicted molar refractivity (Wildman–Crippen MR) is 54.5 cm³/mol. The third-order valence-corrected chi connectivity index (χ3v) is 2.63. The molecule has 0 aliphatic carbocycles. The summed E-state index contributed by atoms with van der Waals surface area (Å²) in [4.78, 5) is 26.6. The lowest BCUT2D eigenvalue weighted by Gasteiger charge is -2.07. The quantitative estimate of drug-likeness (QED) is 0.748. The average Bonchev–Trinajstić information content (AvgIpc) is 2.04. The first-order valence-corrected chi connectivity index (χ1v) is 5.35. The van der Waals surface area contributed by atoms with Crippen LogP contribution >= 0.6 is 11.8 Å². The van der Waals surface area contributed by atoms with E-state index in [0.717, 1.165) is 5.75 Å². The highest BCUT2D eigenvalue weighted by Gasteiger charge is 2.08. The Morgan fingerprint density at radius 1 is 1.54 bits per heavy atom. The molecule has 2 N–H and O–H groups in total. The Kier molecular flexibility index (Phi) is 3.36. The van der Waals surface area contributed by atoms with Crippen LogP contribution in [0.5, 0.6) is 0 Å². The number of thioether (sulfide) groups is 1. The van der Waals surface area contributed by atoms with E-state index in [9.17, 15) is 9.59 Å². The van der Waals surface area contributed by atoms with Gasteiger partial charge in [0.1, 0.15) is 0 Å². The molecule has 0 radical (unpaired) electrons. The van der Waals surface area contributed by atoms with Gasteiger partial charge in [-0.05, 0) is 17.9 Å². The van der Waals surface area contributed by atoms with Crippen molar-refractivity contribution in [2.45, 2.75) is 12.8 Å². The van der Waals surface area contributed by atoms with Crippen LogP contribution in [0.3, 0.4) is 0 Å². The fraction of sp³-hybridized carbons (Fsp3) is 0.500. The van der Waals surface area contributed by atoms with E-state index in [1.807, 2.05) is 13.2 Å². The first kappa shape index (κ1) is 10.1. The Labute approximate surface area is 79.8 Å². The number of hydrogen-bond acceptors (Lipinski definition) is 3. The van der Waals surface area contributed by atoms with Crippen molar-refractivity contribution in [1.29, 1.82) is 0 Å². The van der Waals surface area contributed by atoms with Crippen LogP contribution in [0, 0.1) is 0 Å². The van der Waals surface area contributed by atoms with Crippen molar-refractivity contribution in [3.8, 4) is 0 Å². The van der Waals surface area contributed by atoms with Crippen molar-refractivity contribution in [1.82, 2.24) is 9.97 Å². The topological polar surface area (TPSA) is 65.7 Å². The molecule has 0 aliphatic heterocycles. The zero-order valence-electron chi connectivity index (χ0n) is 7.59. The molecule has 0 aromatic carbocycles. The molecular weight excluding hydrogens is 188 g/mol. The highest BCUT2D eigenvalue weighted by atomic mass is 32.2. The fourth-order valence-corrected chi connectivity index (χ4v) is 1.81. The molecule has 13 heavy (non-hydrogen) atoms. The van der Waals surface area contributed by atoms with E-state index in [0.29, 0.717) is 5.56 Å². The average molecular weight is 200 g/mol. The summed E-state index contributed by atoms with van der Waals surface area (Å²) in [5, 5.41) is 0. The lowest BCUT2D eigenvalue weighted by atomic mass is 10.1. The van der Waals surface area contributed by atoms with Gasteiger partial charge in [0, 0.05) is 11.8 Å². The summed E-state index contributed by atoms with van der Waals surface area (Å²) in [7, 11) is 0. The Hall–Kier alpha value is -0.970. The third kappa shape index (κ3) is 2.48. The van der Waals surface area contributed by atoms with E-state index < -0.39 is 5.69 Å². The van der Waals surface area contributed by atoms with Crippen LogP contribution in [-0.4, -0.2) is 22.0 Å². The zero-order valence-corrected chi connectivity index (χ0v) is 8.40. The minimum absolute atomic E-state index is 0.163. The second kappa shape index (κ2) is 4.32. The zero-order chi connectivity index (χ0) is 9.84. The molecule has 1 atom stereocenters. The Balaban J connectivity index is 3.02. The van der Waals surface area contributed by atoms with Gasteiger partial charge in [0.05, 0.1) is 0 Å². The van der Waals surface area contributed by atoms with Crippen molar-refractivity contribution < 1.29 is 0 Å². The highest BCUT2D eigenvalue weighted by Crippen LogP contribution is 2.13. The molecule has 1 aromatic rings. The summed E-state index contributed by atoms with van der Waals surface area (Å²) >= 11 is 1.67. The van der Waals surface area contributed by atoms with E-state index in [2.05, 4.69) is 9.97 Å². The van der Waals surface area contributed by atoms with Gasteiger partial charge in [-0.2, -0.15) is 11.8 Å².